The van der Waals surface area contributed by atoms with Crippen molar-refractivity contribution in [3.05, 3.63) is 34.9 Å². The molecule has 0 radical (unpaired) electrons. The summed E-state index contributed by atoms with van der Waals surface area (Å²) in [6.45, 7) is 4.60. The van der Waals surface area contributed by atoms with E-state index in [0.717, 1.165) is 18.4 Å². The predicted molar refractivity (Wildman–Crippen MR) is 97.1 cm³/mol. The standard InChI is InChI=1S/C19H21ClN4O2/c1-3-9-25-19(26-10-4-2)18(12-22)15(13-5-7-14(20)8-6-13)17(18,11-21)16(23)24-19/h5-8,15H,3-4,9-10H2,1-2H3,(H2,23,24). The highest BCUT2D eigenvalue weighted by atomic mass is 35.5. The quantitative estimate of drug-likeness (QED) is 0.739. The Hall–Kier alpha value is -2.12. The number of nitrogens with zero attached hydrogens (tertiary/aromatic N) is 3. The molecular weight excluding hydrogens is 352 g/mol. The van der Waals surface area contributed by atoms with Crippen molar-refractivity contribution in [2.75, 3.05) is 13.2 Å². The summed E-state index contributed by atoms with van der Waals surface area (Å²) in [5, 5.41) is 20.8. The molecule has 26 heavy (non-hydrogen) atoms. The smallest absolute Gasteiger partial charge is 0.293 e. The van der Waals surface area contributed by atoms with E-state index in [2.05, 4.69) is 17.1 Å². The van der Waals surface area contributed by atoms with Crippen molar-refractivity contribution in [1.82, 2.24) is 0 Å². The molecule has 1 aromatic carbocycles. The third-order valence-corrected chi connectivity index (χ3v) is 5.39. The van der Waals surface area contributed by atoms with Crippen molar-refractivity contribution in [2.45, 2.75) is 38.5 Å². The van der Waals surface area contributed by atoms with E-state index in [1.165, 1.54) is 0 Å². The van der Waals surface area contributed by atoms with Crippen molar-refractivity contribution in [2.24, 2.45) is 21.6 Å². The number of fused-ring (bicyclic) bond motifs is 1. The number of halogens is 1. The zero-order valence-corrected chi connectivity index (χ0v) is 15.6. The third-order valence-electron chi connectivity index (χ3n) is 5.13. The van der Waals surface area contributed by atoms with Gasteiger partial charge in [0.2, 0.25) is 0 Å². The number of benzene rings is 1. The molecule has 2 N–H and O–H groups in total. The van der Waals surface area contributed by atoms with Crippen LogP contribution in [0.1, 0.15) is 38.2 Å². The first-order chi connectivity index (χ1) is 12.5. The molecule has 6 nitrogen and oxygen atoms in total. The second kappa shape index (κ2) is 6.55. The highest BCUT2D eigenvalue weighted by Gasteiger charge is 2.93. The zero-order chi connectivity index (χ0) is 19.0. The normalized spacial score (nSPS) is 30.8. The van der Waals surface area contributed by atoms with Gasteiger partial charge in [-0.3, -0.25) is 0 Å². The molecule has 0 amide bonds. The molecule has 1 heterocycles. The van der Waals surface area contributed by atoms with Crippen LogP contribution in [0, 0.1) is 33.5 Å². The van der Waals surface area contributed by atoms with Crippen LogP contribution in [-0.2, 0) is 9.47 Å². The van der Waals surface area contributed by atoms with E-state index in [-0.39, 0.29) is 5.84 Å². The van der Waals surface area contributed by atoms with Gasteiger partial charge >= 0.3 is 0 Å². The molecule has 1 fully saturated rings. The molecule has 1 saturated carbocycles. The van der Waals surface area contributed by atoms with E-state index in [1.54, 1.807) is 24.3 Å². The number of ether oxygens (including phenoxy) is 2. The fraction of sp³-hybridized carbons (Fsp3) is 0.526. The molecule has 1 aliphatic carbocycles. The van der Waals surface area contributed by atoms with Gasteiger partial charge in [-0.05, 0) is 30.5 Å². The summed E-state index contributed by atoms with van der Waals surface area (Å²) in [5.74, 6) is -1.97. The second-order valence-corrected chi connectivity index (χ2v) is 7.04. The summed E-state index contributed by atoms with van der Waals surface area (Å²) in [4.78, 5) is 4.38. The van der Waals surface area contributed by atoms with Gasteiger partial charge in [0, 0.05) is 10.9 Å². The van der Waals surface area contributed by atoms with Gasteiger partial charge in [0.1, 0.15) is 11.3 Å². The Balaban J connectivity index is 2.15. The molecule has 1 aromatic rings. The number of hydrogen-bond acceptors (Lipinski definition) is 6. The fourth-order valence-electron chi connectivity index (χ4n) is 3.99. The Bertz CT molecular complexity index is 802. The Kier molecular flexibility index (Phi) is 4.71. The topological polar surface area (TPSA) is 104 Å². The monoisotopic (exact) mass is 372 g/mol. The number of hydrogen-bond donors (Lipinski definition) is 1. The van der Waals surface area contributed by atoms with Gasteiger partial charge < -0.3 is 15.2 Å². The van der Waals surface area contributed by atoms with Crippen molar-refractivity contribution in [3.8, 4) is 12.1 Å². The molecule has 3 rings (SSSR count). The van der Waals surface area contributed by atoms with Crippen LogP contribution < -0.4 is 5.73 Å². The Morgan fingerprint density at radius 1 is 1.12 bits per heavy atom. The molecule has 7 heteroatoms. The largest absolute Gasteiger partial charge is 0.386 e. The Labute approximate surface area is 158 Å². The minimum absolute atomic E-state index is 0.0914. The summed E-state index contributed by atoms with van der Waals surface area (Å²) >= 11 is 5.99. The van der Waals surface area contributed by atoms with Crippen LogP contribution in [0.4, 0.5) is 0 Å². The van der Waals surface area contributed by atoms with Gasteiger partial charge in [0.25, 0.3) is 5.91 Å². The maximum absolute atomic E-state index is 10.2. The average molecular weight is 373 g/mol. The van der Waals surface area contributed by atoms with Gasteiger partial charge in [-0.25, -0.2) is 4.99 Å². The minimum Gasteiger partial charge on any atom is -0.386 e. The molecule has 0 spiro atoms. The van der Waals surface area contributed by atoms with Crippen LogP contribution >= 0.6 is 11.6 Å². The van der Waals surface area contributed by atoms with E-state index >= 15 is 0 Å². The lowest BCUT2D eigenvalue weighted by Crippen LogP contribution is -2.44. The minimum atomic E-state index is -1.57. The highest BCUT2D eigenvalue weighted by molar-refractivity contribution is 6.30. The van der Waals surface area contributed by atoms with Crippen molar-refractivity contribution >= 4 is 17.4 Å². The van der Waals surface area contributed by atoms with E-state index in [4.69, 9.17) is 26.8 Å². The van der Waals surface area contributed by atoms with Gasteiger partial charge in [0.05, 0.1) is 25.4 Å². The number of aliphatic imine (C=N–C) groups is 1. The predicted octanol–water partition coefficient (Wildman–Crippen LogP) is 3.33. The SMILES string of the molecule is CCCOC1(OCCC)N=C(N)C2(C#N)C(c3ccc(Cl)cc3)C12C#N. The number of amidine groups is 1. The fourth-order valence-corrected chi connectivity index (χ4v) is 4.12. The maximum atomic E-state index is 10.2. The molecule has 0 aromatic heterocycles. The number of nitriles is 2. The van der Waals surface area contributed by atoms with Gasteiger partial charge in [0.15, 0.2) is 5.41 Å². The van der Waals surface area contributed by atoms with Crippen LogP contribution in [0.2, 0.25) is 5.02 Å². The summed E-state index contributed by atoms with van der Waals surface area (Å²) in [7, 11) is 0. The van der Waals surface area contributed by atoms with E-state index in [0.29, 0.717) is 18.2 Å². The molecule has 1 aliphatic heterocycles. The van der Waals surface area contributed by atoms with Crippen LogP contribution in [0.15, 0.2) is 29.3 Å². The molecule has 0 bridgehead atoms. The van der Waals surface area contributed by atoms with Crippen LogP contribution in [-0.4, -0.2) is 25.0 Å². The first-order valence-corrected chi connectivity index (χ1v) is 9.09. The molecule has 136 valence electrons. The highest BCUT2D eigenvalue weighted by Crippen LogP contribution is 2.82. The van der Waals surface area contributed by atoms with Crippen LogP contribution in [0.25, 0.3) is 0 Å². The first-order valence-electron chi connectivity index (χ1n) is 8.71. The van der Waals surface area contributed by atoms with E-state index in [1.807, 2.05) is 13.8 Å². The lowest BCUT2D eigenvalue weighted by Gasteiger charge is -2.32. The summed E-state index contributed by atoms with van der Waals surface area (Å²) in [6.07, 6.45) is 1.44. The van der Waals surface area contributed by atoms with Crippen molar-refractivity contribution < 1.29 is 9.47 Å². The van der Waals surface area contributed by atoms with Gasteiger partial charge in [-0.1, -0.05) is 37.6 Å². The van der Waals surface area contributed by atoms with Crippen LogP contribution in [0.5, 0.6) is 0 Å². The number of rotatable bonds is 7. The summed E-state index contributed by atoms with van der Waals surface area (Å²) in [5.41, 5.74) is 4.40. The molecule has 0 saturated heterocycles. The van der Waals surface area contributed by atoms with Gasteiger partial charge in [-0.2, -0.15) is 10.5 Å². The summed E-state index contributed by atoms with van der Waals surface area (Å²) in [6, 6.07) is 11.6. The van der Waals surface area contributed by atoms with Crippen molar-refractivity contribution in [3.63, 3.8) is 0 Å². The Morgan fingerprint density at radius 2 is 1.69 bits per heavy atom. The average Bonchev–Trinajstić information content (AvgIpc) is 3.23. The first kappa shape index (κ1) is 18.7. The zero-order valence-electron chi connectivity index (χ0n) is 14.8. The lowest BCUT2D eigenvalue weighted by atomic mass is 9.93. The second-order valence-electron chi connectivity index (χ2n) is 6.60. The maximum Gasteiger partial charge on any atom is 0.293 e. The molecule has 2 aliphatic rings. The molecule has 3 unspecified atom stereocenters. The van der Waals surface area contributed by atoms with E-state index in [9.17, 15) is 10.5 Å². The number of nitrogens with two attached hydrogens (primary N) is 1. The lowest BCUT2D eigenvalue weighted by molar-refractivity contribution is -0.259. The Morgan fingerprint density at radius 3 is 2.15 bits per heavy atom. The van der Waals surface area contributed by atoms with E-state index < -0.39 is 22.7 Å². The molecular formula is C19H21ClN4O2. The van der Waals surface area contributed by atoms with Crippen LogP contribution in [0.3, 0.4) is 0 Å². The third kappa shape index (κ3) is 2.13. The van der Waals surface area contributed by atoms with Gasteiger partial charge in [-0.15, -0.1) is 0 Å². The summed E-state index contributed by atoms with van der Waals surface area (Å²) < 4.78 is 11.9. The van der Waals surface area contributed by atoms with Crippen molar-refractivity contribution in [1.29, 1.82) is 10.5 Å². The molecule has 3 atom stereocenters.